The molecule has 1 aromatic carbocycles. The number of nitrogens with two attached hydrogens (primary N) is 1. The summed E-state index contributed by atoms with van der Waals surface area (Å²) in [5.41, 5.74) is 7.17. The largest absolute Gasteiger partial charge is 0.327 e. The summed E-state index contributed by atoms with van der Waals surface area (Å²) >= 11 is 1.58. The summed E-state index contributed by atoms with van der Waals surface area (Å²) in [6.07, 6.45) is 1.01. The van der Waals surface area contributed by atoms with Crippen molar-refractivity contribution in [3.63, 3.8) is 0 Å². The maximum Gasteiger partial charge on any atom is 0.0843 e. The monoisotopic (exact) mass is 220 g/mol. The Morgan fingerprint density at radius 1 is 1.40 bits per heavy atom. The van der Waals surface area contributed by atoms with Crippen molar-refractivity contribution in [1.82, 2.24) is 4.37 Å². The lowest BCUT2D eigenvalue weighted by Gasteiger charge is -2.16. The van der Waals surface area contributed by atoms with Gasteiger partial charge in [-0.25, -0.2) is 0 Å². The van der Waals surface area contributed by atoms with Crippen molar-refractivity contribution in [2.45, 2.75) is 32.2 Å². The first-order valence-electron chi connectivity index (χ1n) is 5.34. The van der Waals surface area contributed by atoms with E-state index < -0.39 is 0 Å². The van der Waals surface area contributed by atoms with Gasteiger partial charge in [0.15, 0.2) is 0 Å². The number of rotatable bonds is 3. The smallest absolute Gasteiger partial charge is 0.0843 e. The fraction of sp³-hybridized carbons (Fsp3) is 0.417. The number of aromatic nitrogens is 1. The first-order chi connectivity index (χ1) is 7.24. The van der Waals surface area contributed by atoms with Gasteiger partial charge >= 0.3 is 0 Å². The van der Waals surface area contributed by atoms with E-state index in [-0.39, 0.29) is 6.04 Å². The molecule has 0 amide bonds. The van der Waals surface area contributed by atoms with Crippen molar-refractivity contribution in [3.8, 4) is 0 Å². The SMILES string of the molecule is CCC(N)C(C)c1snc2ccccc12. The summed E-state index contributed by atoms with van der Waals surface area (Å²) in [7, 11) is 0. The highest BCUT2D eigenvalue weighted by molar-refractivity contribution is 7.07. The second-order valence-corrected chi connectivity index (χ2v) is 4.73. The van der Waals surface area contributed by atoms with E-state index in [2.05, 4.69) is 36.4 Å². The van der Waals surface area contributed by atoms with Gasteiger partial charge in [-0.3, -0.25) is 0 Å². The molecule has 80 valence electrons. The molecule has 0 saturated heterocycles. The standard InChI is InChI=1S/C12H16N2S/c1-3-10(13)8(2)12-9-6-4-5-7-11(9)14-15-12/h4-8,10H,3,13H2,1-2H3. The fourth-order valence-corrected chi connectivity index (χ4v) is 2.75. The minimum absolute atomic E-state index is 0.230. The van der Waals surface area contributed by atoms with E-state index in [4.69, 9.17) is 5.73 Å². The Morgan fingerprint density at radius 3 is 2.87 bits per heavy atom. The van der Waals surface area contributed by atoms with Crippen LogP contribution < -0.4 is 5.73 Å². The fourth-order valence-electron chi connectivity index (χ4n) is 1.79. The molecule has 2 unspecified atom stereocenters. The highest BCUT2D eigenvalue weighted by atomic mass is 32.1. The molecule has 0 spiro atoms. The molecule has 3 heteroatoms. The Morgan fingerprint density at radius 2 is 2.13 bits per heavy atom. The zero-order valence-electron chi connectivity index (χ0n) is 9.10. The average molecular weight is 220 g/mol. The van der Waals surface area contributed by atoms with E-state index in [0.29, 0.717) is 5.92 Å². The molecule has 2 rings (SSSR count). The van der Waals surface area contributed by atoms with Crippen molar-refractivity contribution < 1.29 is 0 Å². The molecule has 2 N–H and O–H groups in total. The van der Waals surface area contributed by atoms with Gasteiger partial charge in [0.05, 0.1) is 5.52 Å². The molecule has 0 bridgehead atoms. The summed E-state index contributed by atoms with van der Waals surface area (Å²) in [6, 6.07) is 8.50. The quantitative estimate of drug-likeness (QED) is 0.863. The molecular weight excluding hydrogens is 204 g/mol. The van der Waals surface area contributed by atoms with Gasteiger partial charge < -0.3 is 5.73 Å². The summed E-state index contributed by atoms with van der Waals surface area (Å²) in [5, 5.41) is 1.26. The normalized spacial score (nSPS) is 15.4. The van der Waals surface area contributed by atoms with Gasteiger partial charge in [0.25, 0.3) is 0 Å². The molecule has 2 atom stereocenters. The van der Waals surface area contributed by atoms with Gasteiger partial charge in [-0.05, 0) is 24.0 Å². The third-order valence-corrected chi connectivity index (χ3v) is 4.02. The highest BCUT2D eigenvalue weighted by Crippen LogP contribution is 2.31. The van der Waals surface area contributed by atoms with Crippen LogP contribution in [0.5, 0.6) is 0 Å². The van der Waals surface area contributed by atoms with Crippen molar-refractivity contribution in [1.29, 1.82) is 0 Å². The molecule has 2 nitrogen and oxygen atoms in total. The highest BCUT2D eigenvalue weighted by Gasteiger charge is 2.17. The van der Waals surface area contributed by atoms with E-state index in [1.807, 2.05) is 6.07 Å². The van der Waals surface area contributed by atoms with Gasteiger partial charge in [-0.15, -0.1) is 0 Å². The average Bonchev–Trinajstić information content (AvgIpc) is 2.70. The van der Waals surface area contributed by atoms with Crippen LogP contribution in [0, 0.1) is 0 Å². The second kappa shape index (κ2) is 4.29. The Labute approximate surface area is 94.3 Å². The molecule has 0 aliphatic heterocycles. The molecule has 15 heavy (non-hydrogen) atoms. The van der Waals surface area contributed by atoms with Crippen LogP contribution in [0.4, 0.5) is 0 Å². The van der Waals surface area contributed by atoms with Crippen LogP contribution in [0.1, 0.15) is 31.1 Å². The summed E-state index contributed by atoms with van der Waals surface area (Å²) < 4.78 is 4.44. The van der Waals surface area contributed by atoms with Gasteiger partial charge in [0.1, 0.15) is 0 Å². The van der Waals surface area contributed by atoms with E-state index in [9.17, 15) is 0 Å². The number of benzene rings is 1. The van der Waals surface area contributed by atoms with Gasteiger partial charge in [0.2, 0.25) is 0 Å². The van der Waals surface area contributed by atoms with Crippen LogP contribution in [0.3, 0.4) is 0 Å². The molecule has 0 saturated carbocycles. The Bertz CT molecular complexity index is 450. The number of hydrogen-bond acceptors (Lipinski definition) is 3. The van der Waals surface area contributed by atoms with Gasteiger partial charge in [-0.1, -0.05) is 32.0 Å². The minimum atomic E-state index is 0.230. The van der Waals surface area contributed by atoms with Gasteiger partial charge in [0, 0.05) is 22.2 Å². The number of nitrogens with zero attached hydrogens (tertiary/aromatic N) is 1. The molecule has 0 aliphatic carbocycles. The number of hydrogen-bond donors (Lipinski definition) is 1. The topological polar surface area (TPSA) is 38.9 Å². The van der Waals surface area contributed by atoms with E-state index >= 15 is 0 Å². The first-order valence-corrected chi connectivity index (χ1v) is 6.11. The Balaban J connectivity index is 2.43. The molecule has 0 aliphatic rings. The van der Waals surface area contributed by atoms with Crippen molar-refractivity contribution in [2.75, 3.05) is 0 Å². The lowest BCUT2D eigenvalue weighted by Crippen LogP contribution is -2.25. The minimum Gasteiger partial charge on any atom is -0.327 e. The Hall–Kier alpha value is -0.930. The maximum atomic E-state index is 6.08. The van der Waals surface area contributed by atoms with Crippen molar-refractivity contribution >= 4 is 22.4 Å². The van der Waals surface area contributed by atoms with Crippen LogP contribution in [0.25, 0.3) is 10.9 Å². The lowest BCUT2D eigenvalue weighted by molar-refractivity contribution is 0.560. The van der Waals surface area contributed by atoms with Crippen LogP contribution in [-0.4, -0.2) is 10.4 Å². The zero-order chi connectivity index (χ0) is 10.8. The third-order valence-electron chi connectivity index (χ3n) is 2.94. The van der Waals surface area contributed by atoms with Crippen molar-refractivity contribution in [2.24, 2.45) is 5.73 Å². The van der Waals surface area contributed by atoms with Gasteiger partial charge in [-0.2, -0.15) is 4.37 Å². The van der Waals surface area contributed by atoms with Crippen LogP contribution in [0.15, 0.2) is 24.3 Å². The van der Waals surface area contributed by atoms with E-state index in [1.165, 1.54) is 10.3 Å². The maximum absolute atomic E-state index is 6.08. The van der Waals surface area contributed by atoms with Crippen LogP contribution >= 0.6 is 11.5 Å². The van der Waals surface area contributed by atoms with E-state index in [1.54, 1.807) is 11.5 Å². The van der Waals surface area contributed by atoms with E-state index in [0.717, 1.165) is 11.9 Å². The summed E-state index contributed by atoms with van der Waals surface area (Å²) in [4.78, 5) is 1.32. The zero-order valence-corrected chi connectivity index (χ0v) is 9.92. The predicted molar refractivity (Wildman–Crippen MR) is 66.3 cm³/mol. The number of fused-ring (bicyclic) bond motifs is 1. The third kappa shape index (κ3) is 1.90. The molecule has 0 fully saturated rings. The second-order valence-electron chi connectivity index (χ2n) is 3.92. The van der Waals surface area contributed by atoms with Crippen LogP contribution in [-0.2, 0) is 0 Å². The predicted octanol–water partition coefficient (Wildman–Crippen LogP) is 3.14. The lowest BCUT2D eigenvalue weighted by atomic mass is 9.97. The molecular formula is C12H16N2S. The van der Waals surface area contributed by atoms with Crippen molar-refractivity contribution in [3.05, 3.63) is 29.1 Å². The first kappa shape index (κ1) is 10.6. The molecule has 0 radical (unpaired) electrons. The molecule has 1 heterocycles. The molecule has 2 aromatic rings. The summed E-state index contributed by atoms with van der Waals surface area (Å²) in [5.74, 6) is 0.396. The summed E-state index contributed by atoms with van der Waals surface area (Å²) in [6.45, 7) is 4.32. The molecule has 1 aromatic heterocycles. The van der Waals surface area contributed by atoms with Crippen LogP contribution in [0.2, 0.25) is 0 Å². The Kier molecular flexibility index (Phi) is 3.03.